The smallest absolute Gasteiger partial charge is 0.277 e. The molecule has 8 heteroatoms. The number of anilines is 3. The molecule has 1 aromatic heterocycles. The van der Waals surface area contributed by atoms with Gasteiger partial charge in [-0.3, -0.25) is 9.78 Å². The maximum Gasteiger partial charge on any atom is 0.277 e. The number of nitrogens with one attached hydrogen (secondary N) is 2. The molecule has 0 spiro atoms. The van der Waals surface area contributed by atoms with Crippen molar-refractivity contribution >= 4 is 25.5 Å². The highest BCUT2D eigenvalue weighted by atomic mass is 28.3. The zero-order valence-corrected chi connectivity index (χ0v) is 12.6. The molecule has 19 heavy (non-hydrogen) atoms. The van der Waals surface area contributed by atoms with Crippen molar-refractivity contribution in [1.82, 2.24) is 9.97 Å². The predicted octanol–water partition coefficient (Wildman–Crippen LogP) is 0.854. The Morgan fingerprint density at radius 2 is 2.21 bits per heavy atom. The SMILES string of the molecule is C[Si](C)(C)CCOCN1CNc2c1nc(N)[nH]c2=O. The van der Waals surface area contributed by atoms with E-state index in [0.717, 1.165) is 12.7 Å². The van der Waals surface area contributed by atoms with Gasteiger partial charge in [0.15, 0.2) is 5.82 Å². The van der Waals surface area contributed by atoms with Gasteiger partial charge in [0.2, 0.25) is 5.95 Å². The van der Waals surface area contributed by atoms with Gasteiger partial charge in [-0.2, -0.15) is 4.98 Å². The lowest BCUT2D eigenvalue weighted by molar-refractivity contribution is 0.148. The van der Waals surface area contributed by atoms with Gasteiger partial charge in [-0.15, -0.1) is 0 Å². The molecule has 7 nitrogen and oxygen atoms in total. The fourth-order valence-electron chi connectivity index (χ4n) is 1.78. The minimum absolute atomic E-state index is 0.125. The van der Waals surface area contributed by atoms with Crippen LogP contribution in [0.25, 0.3) is 0 Å². The topological polar surface area (TPSA) is 96.3 Å². The van der Waals surface area contributed by atoms with Crippen molar-refractivity contribution in [3.05, 3.63) is 10.4 Å². The summed E-state index contributed by atoms with van der Waals surface area (Å²) in [6.07, 6.45) is 0. The Labute approximate surface area is 113 Å². The average molecular weight is 283 g/mol. The first kappa shape index (κ1) is 13.9. The molecular weight excluding hydrogens is 262 g/mol. The third-order valence-corrected chi connectivity index (χ3v) is 4.61. The minimum Gasteiger partial charge on any atom is -0.369 e. The van der Waals surface area contributed by atoms with Gasteiger partial charge in [0.05, 0.1) is 6.67 Å². The van der Waals surface area contributed by atoms with E-state index in [0.29, 0.717) is 24.9 Å². The molecule has 0 atom stereocenters. The Hall–Kier alpha value is -1.54. The van der Waals surface area contributed by atoms with Crippen LogP contribution in [-0.2, 0) is 4.74 Å². The van der Waals surface area contributed by atoms with Gasteiger partial charge in [0.1, 0.15) is 12.4 Å². The highest BCUT2D eigenvalue weighted by molar-refractivity contribution is 6.76. The number of nitrogens with zero attached hydrogens (tertiary/aromatic N) is 2. The number of ether oxygens (including phenoxy) is 1. The van der Waals surface area contributed by atoms with Crippen molar-refractivity contribution in [3.63, 3.8) is 0 Å². The zero-order valence-electron chi connectivity index (χ0n) is 11.6. The number of H-pyrrole nitrogens is 1. The normalized spacial score (nSPS) is 14.4. The van der Waals surface area contributed by atoms with Crippen molar-refractivity contribution in [2.45, 2.75) is 25.7 Å². The summed E-state index contributed by atoms with van der Waals surface area (Å²) in [5, 5.41) is 3.00. The Morgan fingerprint density at radius 3 is 2.89 bits per heavy atom. The Morgan fingerprint density at radius 1 is 1.47 bits per heavy atom. The summed E-state index contributed by atoms with van der Waals surface area (Å²) >= 11 is 0. The Balaban J connectivity index is 1.94. The van der Waals surface area contributed by atoms with Gasteiger partial charge in [0.25, 0.3) is 5.56 Å². The maximum atomic E-state index is 11.6. The van der Waals surface area contributed by atoms with E-state index in [1.807, 2.05) is 4.90 Å². The van der Waals surface area contributed by atoms with E-state index in [2.05, 4.69) is 34.9 Å². The van der Waals surface area contributed by atoms with Crippen molar-refractivity contribution in [1.29, 1.82) is 0 Å². The van der Waals surface area contributed by atoms with Crippen molar-refractivity contribution in [2.24, 2.45) is 0 Å². The monoisotopic (exact) mass is 283 g/mol. The number of hydrogen-bond acceptors (Lipinski definition) is 6. The molecule has 2 heterocycles. The van der Waals surface area contributed by atoms with Crippen molar-refractivity contribution < 1.29 is 4.74 Å². The van der Waals surface area contributed by atoms with E-state index in [1.54, 1.807) is 0 Å². The molecule has 0 fully saturated rings. The molecule has 0 radical (unpaired) electrons. The van der Waals surface area contributed by atoms with Crippen LogP contribution in [0.2, 0.25) is 25.7 Å². The first-order valence-corrected chi connectivity index (χ1v) is 10.0. The number of aromatic nitrogens is 2. The van der Waals surface area contributed by atoms with Gasteiger partial charge in [-0.25, -0.2) is 0 Å². The third kappa shape index (κ3) is 3.48. The van der Waals surface area contributed by atoms with E-state index in [-0.39, 0.29) is 11.5 Å². The van der Waals surface area contributed by atoms with Gasteiger partial charge >= 0.3 is 0 Å². The standard InChI is InChI=1S/C11H21N5O2Si/c1-19(2,3)5-4-18-7-16-6-13-8-9(16)14-11(12)15-10(8)17/h13H,4-7H2,1-3H3,(H3,12,14,15,17). The third-order valence-electron chi connectivity index (χ3n) is 2.91. The molecule has 0 bridgehead atoms. The van der Waals surface area contributed by atoms with Crippen LogP contribution in [0.3, 0.4) is 0 Å². The Kier molecular flexibility index (Phi) is 3.81. The van der Waals surface area contributed by atoms with Gasteiger partial charge in [0, 0.05) is 14.7 Å². The van der Waals surface area contributed by atoms with E-state index in [9.17, 15) is 4.79 Å². The molecule has 2 rings (SSSR count). The molecular formula is C11H21N5O2Si. The van der Waals surface area contributed by atoms with Crippen LogP contribution in [0.1, 0.15) is 0 Å². The van der Waals surface area contributed by atoms with Crippen LogP contribution in [0, 0.1) is 0 Å². The molecule has 1 aliphatic heterocycles. The molecule has 1 aliphatic rings. The highest BCUT2D eigenvalue weighted by Crippen LogP contribution is 2.25. The number of hydrogen-bond donors (Lipinski definition) is 3. The van der Waals surface area contributed by atoms with E-state index in [1.165, 1.54) is 0 Å². The molecule has 4 N–H and O–H groups in total. The maximum absolute atomic E-state index is 11.6. The first-order valence-electron chi connectivity index (χ1n) is 6.33. The fourth-order valence-corrected chi connectivity index (χ4v) is 2.53. The molecule has 0 amide bonds. The van der Waals surface area contributed by atoms with E-state index < -0.39 is 8.07 Å². The number of nitrogen functional groups attached to an aromatic ring is 1. The summed E-state index contributed by atoms with van der Waals surface area (Å²) < 4.78 is 5.66. The lowest BCUT2D eigenvalue weighted by atomic mass is 10.5. The van der Waals surface area contributed by atoms with Crippen molar-refractivity contribution in [3.8, 4) is 0 Å². The summed E-state index contributed by atoms with van der Waals surface area (Å²) in [5.74, 6) is 0.689. The van der Waals surface area contributed by atoms with Gasteiger partial charge in [-0.1, -0.05) is 19.6 Å². The van der Waals surface area contributed by atoms with Crippen LogP contribution in [0.15, 0.2) is 4.79 Å². The molecule has 0 aromatic carbocycles. The second-order valence-electron chi connectivity index (χ2n) is 5.87. The summed E-state index contributed by atoms with van der Waals surface area (Å²) in [6.45, 7) is 8.60. The molecule has 0 aliphatic carbocycles. The van der Waals surface area contributed by atoms with E-state index in [4.69, 9.17) is 10.5 Å². The first-order chi connectivity index (χ1) is 8.87. The van der Waals surface area contributed by atoms with Gasteiger partial charge in [-0.05, 0) is 6.04 Å². The zero-order chi connectivity index (χ0) is 14.0. The van der Waals surface area contributed by atoms with Crippen LogP contribution in [-0.4, -0.2) is 38.0 Å². The molecule has 1 aromatic rings. The molecule has 0 unspecified atom stereocenters. The predicted molar refractivity (Wildman–Crippen MR) is 79.2 cm³/mol. The minimum atomic E-state index is -1.07. The number of rotatable bonds is 5. The second kappa shape index (κ2) is 5.22. The van der Waals surface area contributed by atoms with Crippen LogP contribution in [0.5, 0.6) is 0 Å². The second-order valence-corrected chi connectivity index (χ2v) is 11.5. The Bertz CT molecular complexity index is 511. The van der Waals surface area contributed by atoms with Crippen LogP contribution in [0.4, 0.5) is 17.5 Å². The molecule has 0 saturated carbocycles. The largest absolute Gasteiger partial charge is 0.369 e. The molecule has 106 valence electrons. The lowest BCUT2D eigenvalue weighted by Gasteiger charge is -2.19. The lowest BCUT2D eigenvalue weighted by Crippen LogP contribution is -2.28. The quantitative estimate of drug-likeness (QED) is 0.548. The number of fused-ring (bicyclic) bond motifs is 1. The number of aromatic amines is 1. The van der Waals surface area contributed by atoms with E-state index >= 15 is 0 Å². The van der Waals surface area contributed by atoms with Crippen molar-refractivity contribution in [2.75, 3.05) is 36.0 Å². The fraction of sp³-hybridized carbons (Fsp3) is 0.636. The summed E-state index contributed by atoms with van der Waals surface area (Å²) in [7, 11) is -1.07. The summed E-state index contributed by atoms with van der Waals surface area (Å²) in [5.41, 5.74) is 5.77. The summed E-state index contributed by atoms with van der Waals surface area (Å²) in [6, 6.07) is 1.12. The number of nitrogens with two attached hydrogens (primary N) is 1. The van der Waals surface area contributed by atoms with Crippen LogP contribution >= 0.6 is 0 Å². The van der Waals surface area contributed by atoms with Gasteiger partial charge < -0.3 is 20.7 Å². The molecule has 0 saturated heterocycles. The highest BCUT2D eigenvalue weighted by Gasteiger charge is 2.23. The average Bonchev–Trinajstić information content (AvgIpc) is 2.66. The summed E-state index contributed by atoms with van der Waals surface area (Å²) in [4.78, 5) is 20.1. The van der Waals surface area contributed by atoms with Crippen LogP contribution < -0.4 is 21.5 Å².